The minimum atomic E-state index is -0.803. The number of unbranched alkanes of at least 4 members (excludes halogenated alkanes) is 23. The summed E-state index contributed by atoms with van der Waals surface area (Å²) >= 11 is 0. The summed E-state index contributed by atoms with van der Waals surface area (Å²) in [4.78, 5) is 37.9. The molecule has 6 nitrogen and oxygen atoms in total. The Balaban J connectivity index is 4.39. The SMILES string of the molecule is CC/C=C\C/C=C\C/C=C\C/C=C\C/C=C\CCCCCC(=O)OCC(COC(=O)CCC/C=C\CCCCCC)OC(=O)CCCCCCCCC/C=C\CCCCCCCCCC. The lowest BCUT2D eigenvalue weighted by Gasteiger charge is -2.18. The van der Waals surface area contributed by atoms with E-state index in [2.05, 4.69) is 106 Å². The van der Waals surface area contributed by atoms with Crippen LogP contribution in [-0.2, 0) is 28.6 Å². The molecule has 0 N–H and O–H groups in total. The predicted molar refractivity (Wildman–Crippen MR) is 279 cm³/mol. The Bertz CT molecular complexity index is 1270. The van der Waals surface area contributed by atoms with Crippen LogP contribution in [0, 0.1) is 0 Å². The van der Waals surface area contributed by atoms with Gasteiger partial charge in [-0.15, -0.1) is 0 Å². The predicted octanol–water partition coefficient (Wildman–Crippen LogP) is 18.0. The molecule has 0 bridgehead atoms. The highest BCUT2D eigenvalue weighted by molar-refractivity contribution is 5.71. The Morgan fingerprint density at radius 1 is 0.323 bits per heavy atom. The van der Waals surface area contributed by atoms with E-state index in [9.17, 15) is 14.4 Å². The van der Waals surface area contributed by atoms with Gasteiger partial charge in [-0.2, -0.15) is 0 Å². The van der Waals surface area contributed by atoms with Crippen molar-refractivity contribution in [3.8, 4) is 0 Å². The maximum absolute atomic E-state index is 12.8. The number of carbonyl (C=O) groups excluding carboxylic acids is 3. The Labute approximate surface area is 401 Å². The first-order chi connectivity index (χ1) is 32.0. The minimum Gasteiger partial charge on any atom is -0.462 e. The van der Waals surface area contributed by atoms with Crippen LogP contribution in [0.1, 0.15) is 252 Å². The topological polar surface area (TPSA) is 78.9 Å². The van der Waals surface area contributed by atoms with Crippen molar-refractivity contribution in [2.45, 2.75) is 258 Å². The minimum absolute atomic E-state index is 0.104. The molecule has 0 aliphatic rings. The lowest BCUT2D eigenvalue weighted by molar-refractivity contribution is -0.167. The van der Waals surface area contributed by atoms with Crippen molar-refractivity contribution in [2.75, 3.05) is 13.2 Å². The molecule has 0 aliphatic carbocycles. The summed E-state index contributed by atoms with van der Waals surface area (Å²) < 4.78 is 16.7. The first-order valence-electron chi connectivity index (χ1n) is 27.1. The highest BCUT2D eigenvalue weighted by atomic mass is 16.6. The number of hydrogen-bond donors (Lipinski definition) is 0. The highest BCUT2D eigenvalue weighted by Crippen LogP contribution is 2.14. The van der Waals surface area contributed by atoms with Crippen LogP contribution in [0.2, 0.25) is 0 Å². The van der Waals surface area contributed by atoms with Gasteiger partial charge in [-0.3, -0.25) is 14.4 Å². The van der Waals surface area contributed by atoms with E-state index in [1.807, 2.05) is 0 Å². The third-order valence-corrected chi connectivity index (χ3v) is 11.4. The van der Waals surface area contributed by atoms with Crippen LogP contribution in [0.5, 0.6) is 0 Å². The third-order valence-electron chi connectivity index (χ3n) is 11.4. The van der Waals surface area contributed by atoms with Crippen LogP contribution in [0.25, 0.3) is 0 Å². The highest BCUT2D eigenvalue weighted by Gasteiger charge is 2.19. The van der Waals surface area contributed by atoms with Crippen LogP contribution in [-0.4, -0.2) is 37.2 Å². The Kier molecular flexibility index (Phi) is 50.4. The Morgan fingerprint density at radius 2 is 0.615 bits per heavy atom. The smallest absolute Gasteiger partial charge is 0.306 e. The number of ether oxygens (including phenoxy) is 3. The summed E-state index contributed by atoms with van der Waals surface area (Å²) in [5.74, 6) is -0.973. The molecule has 0 aromatic carbocycles. The molecule has 0 aliphatic heterocycles. The fraction of sp³-hybridized carbons (Fsp3) is 0.712. The van der Waals surface area contributed by atoms with Crippen LogP contribution in [0.4, 0.5) is 0 Å². The van der Waals surface area contributed by atoms with Gasteiger partial charge in [0.1, 0.15) is 13.2 Å². The number of esters is 3. The van der Waals surface area contributed by atoms with E-state index in [0.29, 0.717) is 25.7 Å². The summed E-state index contributed by atoms with van der Waals surface area (Å²) in [6.45, 7) is 6.43. The molecule has 1 unspecified atom stereocenters. The molecule has 0 spiro atoms. The van der Waals surface area contributed by atoms with E-state index >= 15 is 0 Å². The molecular weight excluding hydrogens is 805 g/mol. The largest absolute Gasteiger partial charge is 0.462 e. The normalized spacial score (nSPS) is 12.7. The van der Waals surface area contributed by atoms with Crippen molar-refractivity contribution >= 4 is 17.9 Å². The second kappa shape index (κ2) is 53.2. The molecule has 372 valence electrons. The fourth-order valence-electron chi connectivity index (χ4n) is 7.29. The number of rotatable bonds is 48. The molecule has 0 radical (unpaired) electrons. The van der Waals surface area contributed by atoms with Gasteiger partial charge < -0.3 is 14.2 Å². The summed E-state index contributed by atoms with van der Waals surface area (Å²) in [5.41, 5.74) is 0. The zero-order valence-corrected chi connectivity index (χ0v) is 42.5. The van der Waals surface area contributed by atoms with Crippen LogP contribution >= 0.6 is 0 Å². The lowest BCUT2D eigenvalue weighted by atomic mass is 10.1. The molecule has 65 heavy (non-hydrogen) atoms. The molecule has 0 saturated carbocycles. The molecular formula is C59H100O6. The number of allylic oxidation sites excluding steroid dienone is 14. The van der Waals surface area contributed by atoms with Gasteiger partial charge in [0.25, 0.3) is 0 Å². The van der Waals surface area contributed by atoms with E-state index < -0.39 is 6.10 Å². The van der Waals surface area contributed by atoms with Crippen molar-refractivity contribution in [1.82, 2.24) is 0 Å². The Morgan fingerprint density at radius 3 is 1.05 bits per heavy atom. The molecule has 0 amide bonds. The van der Waals surface area contributed by atoms with Gasteiger partial charge in [0.15, 0.2) is 6.10 Å². The van der Waals surface area contributed by atoms with E-state index in [4.69, 9.17) is 14.2 Å². The third kappa shape index (κ3) is 51.4. The molecule has 0 saturated heterocycles. The van der Waals surface area contributed by atoms with Crippen molar-refractivity contribution in [2.24, 2.45) is 0 Å². The van der Waals surface area contributed by atoms with Gasteiger partial charge in [-0.1, -0.05) is 209 Å². The van der Waals surface area contributed by atoms with Crippen LogP contribution < -0.4 is 0 Å². The first-order valence-corrected chi connectivity index (χ1v) is 27.1. The molecule has 0 rings (SSSR count). The van der Waals surface area contributed by atoms with Gasteiger partial charge in [-0.25, -0.2) is 0 Å². The lowest BCUT2D eigenvalue weighted by Crippen LogP contribution is -2.30. The van der Waals surface area contributed by atoms with E-state index in [-0.39, 0.29) is 31.1 Å². The van der Waals surface area contributed by atoms with Gasteiger partial charge in [0, 0.05) is 19.3 Å². The summed E-state index contributed by atoms with van der Waals surface area (Å²) in [7, 11) is 0. The van der Waals surface area contributed by atoms with Crippen molar-refractivity contribution in [3.63, 3.8) is 0 Å². The second-order valence-electron chi connectivity index (χ2n) is 17.7. The summed E-state index contributed by atoms with van der Waals surface area (Å²) in [6.07, 6.45) is 68.7. The zero-order chi connectivity index (χ0) is 47.2. The van der Waals surface area contributed by atoms with E-state index in [0.717, 1.165) is 89.9 Å². The molecule has 0 aromatic rings. The summed E-state index contributed by atoms with van der Waals surface area (Å²) in [5, 5.41) is 0. The summed E-state index contributed by atoms with van der Waals surface area (Å²) in [6, 6.07) is 0. The molecule has 0 heterocycles. The molecule has 6 heteroatoms. The quantitative estimate of drug-likeness (QED) is 0.0262. The van der Waals surface area contributed by atoms with Gasteiger partial charge in [0.05, 0.1) is 0 Å². The standard InChI is InChI=1S/C59H100O6/c1-4-7-10-13-16-19-21-23-25-27-29-31-33-35-37-40-43-46-49-52-58(61)64-55-56(54-63-57(60)51-48-45-42-39-18-15-12-9-6-3)65-59(62)53-50-47-44-41-38-36-34-32-30-28-26-24-22-20-17-14-11-8-5-2/h7,10,16,19,23,25,28-31,35,37,39,42,56H,4-6,8-9,11-15,17-18,20-22,24,26-27,32-34,36,38,40-41,43-55H2,1-3H3/b10-7-,19-16-,25-23-,30-28-,31-29-,37-35-,42-39-. The second-order valence-corrected chi connectivity index (χ2v) is 17.7. The van der Waals surface area contributed by atoms with Gasteiger partial charge in [0.2, 0.25) is 0 Å². The first kappa shape index (κ1) is 61.6. The maximum atomic E-state index is 12.8. The molecule has 1 atom stereocenters. The van der Waals surface area contributed by atoms with Crippen molar-refractivity contribution < 1.29 is 28.6 Å². The fourth-order valence-corrected chi connectivity index (χ4v) is 7.29. The molecule has 0 aromatic heterocycles. The average Bonchev–Trinajstić information content (AvgIpc) is 3.30. The van der Waals surface area contributed by atoms with Gasteiger partial charge in [-0.05, 0) is 109 Å². The maximum Gasteiger partial charge on any atom is 0.306 e. The van der Waals surface area contributed by atoms with Crippen LogP contribution in [0.3, 0.4) is 0 Å². The van der Waals surface area contributed by atoms with Crippen LogP contribution in [0.15, 0.2) is 85.1 Å². The molecule has 0 fully saturated rings. The van der Waals surface area contributed by atoms with E-state index in [1.165, 1.54) is 116 Å². The number of carbonyl (C=O) groups is 3. The number of hydrogen-bond acceptors (Lipinski definition) is 6. The Hall–Kier alpha value is -3.41. The van der Waals surface area contributed by atoms with Crippen molar-refractivity contribution in [3.05, 3.63) is 85.1 Å². The van der Waals surface area contributed by atoms with E-state index in [1.54, 1.807) is 0 Å². The zero-order valence-electron chi connectivity index (χ0n) is 42.5. The van der Waals surface area contributed by atoms with Gasteiger partial charge >= 0.3 is 17.9 Å². The van der Waals surface area contributed by atoms with Crippen molar-refractivity contribution in [1.29, 1.82) is 0 Å². The average molecular weight is 905 g/mol. The monoisotopic (exact) mass is 905 g/mol.